The zero-order valence-electron chi connectivity index (χ0n) is 30.3. The standard InChI is InChI=1S/C40H52ClN3O6S/c1-26-8-6-19-40(49-4,22-37(45)43(3)32-10-5-11-32)34-15-12-30(34)23-44-24-39(18-7-9-28-20-31(41)14-16-33(28)39)25-50-36-17-13-29(21-35(36)44)38(46)42-51(47,48)27(26)2/h6,13-14,16-17,19-21,26-27,30,32,34H,5,7-12,15,18,22-25H2,1-4H3,(H,42,46)/b19-6+/t26-,27+,30-,34+,39-,40+/m0/s1. The first kappa shape index (κ1) is 36.3. The molecule has 2 aromatic carbocycles. The molecule has 276 valence electrons. The lowest BCUT2D eigenvalue weighted by Gasteiger charge is -2.51. The number of nitrogens with zero attached hydrogens (tertiary/aromatic N) is 2. The first-order chi connectivity index (χ1) is 24.3. The Labute approximate surface area is 308 Å². The third kappa shape index (κ3) is 6.81. The molecule has 0 saturated heterocycles. The Bertz CT molecular complexity index is 1810. The van der Waals surface area contributed by atoms with Crippen LogP contribution in [0.2, 0.25) is 5.02 Å². The third-order valence-corrected chi connectivity index (χ3v) is 15.2. The van der Waals surface area contributed by atoms with Crippen LogP contribution >= 0.6 is 11.6 Å². The Morgan fingerprint density at radius 3 is 2.63 bits per heavy atom. The second-order valence-electron chi connectivity index (χ2n) is 16.0. The van der Waals surface area contributed by atoms with Gasteiger partial charge in [-0.2, -0.15) is 0 Å². The fraction of sp³-hybridized carbons (Fsp3) is 0.600. The Balaban J connectivity index is 1.31. The molecule has 2 aromatic rings. The Morgan fingerprint density at radius 2 is 1.92 bits per heavy atom. The molecule has 0 aromatic heterocycles. The van der Waals surface area contributed by atoms with Gasteiger partial charge in [-0.25, -0.2) is 13.1 Å². The van der Waals surface area contributed by atoms with Gasteiger partial charge in [0.25, 0.3) is 5.91 Å². The van der Waals surface area contributed by atoms with E-state index in [1.54, 1.807) is 32.2 Å². The fourth-order valence-electron chi connectivity index (χ4n) is 9.17. The van der Waals surface area contributed by atoms with Crippen molar-refractivity contribution in [2.75, 3.05) is 38.8 Å². The van der Waals surface area contributed by atoms with Gasteiger partial charge in [-0.05, 0) is 124 Å². The summed E-state index contributed by atoms with van der Waals surface area (Å²) in [7, 11) is -0.374. The molecular weight excluding hydrogens is 686 g/mol. The average molecular weight is 738 g/mol. The van der Waals surface area contributed by atoms with E-state index >= 15 is 0 Å². The maximum Gasteiger partial charge on any atom is 0.264 e. The summed E-state index contributed by atoms with van der Waals surface area (Å²) in [5.74, 6) is 0.0725. The van der Waals surface area contributed by atoms with Crippen molar-refractivity contribution in [1.82, 2.24) is 9.62 Å². The van der Waals surface area contributed by atoms with Gasteiger partial charge < -0.3 is 19.3 Å². The number of amides is 2. The number of rotatable bonds is 4. The lowest BCUT2D eigenvalue weighted by atomic mass is 9.62. The average Bonchev–Trinajstić information content (AvgIpc) is 3.21. The van der Waals surface area contributed by atoms with Crippen LogP contribution in [-0.2, 0) is 31.4 Å². The first-order valence-electron chi connectivity index (χ1n) is 18.7. The van der Waals surface area contributed by atoms with Crippen LogP contribution in [0.15, 0.2) is 48.6 Å². The van der Waals surface area contributed by atoms with Gasteiger partial charge in [-0.1, -0.05) is 36.7 Å². The molecule has 2 fully saturated rings. The Kier molecular flexibility index (Phi) is 10.00. The monoisotopic (exact) mass is 737 g/mol. The zero-order chi connectivity index (χ0) is 36.1. The molecule has 2 heterocycles. The van der Waals surface area contributed by atoms with E-state index in [1.807, 2.05) is 31.0 Å². The number of halogens is 1. The van der Waals surface area contributed by atoms with Crippen molar-refractivity contribution >= 4 is 39.1 Å². The summed E-state index contributed by atoms with van der Waals surface area (Å²) in [5, 5.41) is -0.110. The lowest BCUT2D eigenvalue weighted by molar-refractivity contribution is -0.144. The van der Waals surface area contributed by atoms with Gasteiger partial charge in [0.15, 0.2) is 0 Å². The quantitative estimate of drug-likeness (QED) is 0.350. The minimum atomic E-state index is -4.00. The topological polar surface area (TPSA) is 105 Å². The van der Waals surface area contributed by atoms with Crippen LogP contribution in [-0.4, -0.2) is 75.9 Å². The number of carbonyl (C=O) groups excluding carboxylic acids is 2. The van der Waals surface area contributed by atoms with E-state index in [4.69, 9.17) is 21.1 Å². The van der Waals surface area contributed by atoms with Crippen LogP contribution in [0.3, 0.4) is 0 Å². The van der Waals surface area contributed by atoms with Crippen LogP contribution in [0.4, 0.5) is 5.69 Å². The highest BCUT2D eigenvalue weighted by Crippen LogP contribution is 2.50. The van der Waals surface area contributed by atoms with E-state index in [-0.39, 0.29) is 47.1 Å². The number of ether oxygens (including phenoxy) is 2. The van der Waals surface area contributed by atoms with Crippen molar-refractivity contribution in [2.24, 2.45) is 17.8 Å². The number of anilines is 1. The van der Waals surface area contributed by atoms with Crippen molar-refractivity contribution in [3.63, 3.8) is 0 Å². The smallest absolute Gasteiger partial charge is 0.264 e. The second kappa shape index (κ2) is 14.0. The number of hydrogen-bond donors (Lipinski definition) is 1. The minimum Gasteiger partial charge on any atom is -0.490 e. The highest BCUT2D eigenvalue weighted by Gasteiger charge is 2.50. The van der Waals surface area contributed by atoms with Gasteiger partial charge in [0, 0.05) is 49.3 Å². The van der Waals surface area contributed by atoms with E-state index in [0.29, 0.717) is 31.9 Å². The molecule has 7 rings (SSSR count). The van der Waals surface area contributed by atoms with Crippen molar-refractivity contribution in [2.45, 2.75) is 100 Å². The SMILES string of the molecule is CO[C@@]1(CC(=O)N(C)C2CCC2)/C=C/C[C@H](C)[C@@H](C)S(=O)(=O)NC(=O)c2ccc3c(c2)N(C[C@@H]2CC[C@H]21)C[C@@]1(CCCc2cc(Cl)ccc21)CO3. The summed E-state index contributed by atoms with van der Waals surface area (Å²) in [6.07, 6.45) is 12.7. The van der Waals surface area contributed by atoms with Crippen LogP contribution in [0.25, 0.3) is 0 Å². The summed E-state index contributed by atoms with van der Waals surface area (Å²) in [6.45, 7) is 5.33. The molecule has 0 radical (unpaired) electrons. The maximum atomic E-state index is 13.9. The largest absolute Gasteiger partial charge is 0.490 e. The van der Waals surface area contributed by atoms with Crippen LogP contribution < -0.4 is 14.4 Å². The van der Waals surface area contributed by atoms with Crippen LogP contribution in [0.5, 0.6) is 5.75 Å². The van der Waals surface area contributed by atoms with Crippen LogP contribution in [0.1, 0.15) is 93.1 Å². The summed E-state index contributed by atoms with van der Waals surface area (Å²) in [4.78, 5) is 31.8. The molecule has 2 amide bonds. The minimum absolute atomic E-state index is 0.0642. The number of allylic oxidation sites excluding steroid dienone is 1. The van der Waals surface area contributed by atoms with Crippen molar-refractivity contribution < 1.29 is 27.5 Å². The number of sulfonamides is 1. The Hall–Kier alpha value is -3.08. The van der Waals surface area contributed by atoms with Gasteiger partial charge in [-0.15, -0.1) is 0 Å². The molecule has 3 aliphatic carbocycles. The molecule has 0 unspecified atom stereocenters. The van der Waals surface area contributed by atoms with Crippen molar-refractivity contribution in [1.29, 1.82) is 0 Å². The molecule has 2 bridgehead atoms. The zero-order valence-corrected chi connectivity index (χ0v) is 31.9. The van der Waals surface area contributed by atoms with E-state index in [1.165, 1.54) is 11.1 Å². The summed E-state index contributed by atoms with van der Waals surface area (Å²) in [6, 6.07) is 11.7. The number of benzene rings is 2. The molecule has 5 aliphatic rings. The summed E-state index contributed by atoms with van der Waals surface area (Å²) < 4.78 is 42.6. The van der Waals surface area contributed by atoms with E-state index < -0.39 is 26.8 Å². The van der Waals surface area contributed by atoms with Gasteiger partial charge >= 0.3 is 0 Å². The fourth-order valence-corrected chi connectivity index (χ4v) is 10.7. The second-order valence-corrected chi connectivity index (χ2v) is 18.4. The molecule has 9 nitrogen and oxygen atoms in total. The molecule has 11 heteroatoms. The van der Waals surface area contributed by atoms with Gasteiger partial charge in [0.2, 0.25) is 15.9 Å². The lowest BCUT2D eigenvalue weighted by Crippen LogP contribution is -2.55. The number of fused-ring (bicyclic) bond motifs is 4. The third-order valence-electron chi connectivity index (χ3n) is 13.1. The predicted octanol–water partition coefficient (Wildman–Crippen LogP) is 6.67. The summed E-state index contributed by atoms with van der Waals surface area (Å²) >= 11 is 6.47. The van der Waals surface area contributed by atoms with Crippen molar-refractivity contribution in [3.05, 3.63) is 70.3 Å². The Morgan fingerprint density at radius 1 is 1.12 bits per heavy atom. The molecule has 2 aliphatic heterocycles. The number of aryl methyl sites for hydroxylation is 1. The molecule has 6 atom stereocenters. The maximum absolute atomic E-state index is 13.9. The number of carbonyl (C=O) groups is 2. The molecule has 2 saturated carbocycles. The van der Waals surface area contributed by atoms with E-state index in [0.717, 1.165) is 62.1 Å². The molecule has 51 heavy (non-hydrogen) atoms. The van der Waals surface area contributed by atoms with E-state index in [9.17, 15) is 18.0 Å². The normalized spacial score (nSPS) is 32.6. The van der Waals surface area contributed by atoms with Crippen molar-refractivity contribution in [3.8, 4) is 5.75 Å². The molecule has 1 spiro atoms. The van der Waals surface area contributed by atoms with Gasteiger partial charge in [0.05, 0.1) is 29.6 Å². The van der Waals surface area contributed by atoms with Crippen LogP contribution in [0, 0.1) is 17.8 Å². The molecule has 1 N–H and O–H groups in total. The summed E-state index contributed by atoms with van der Waals surface area (Å²) in [5.41, 5.74) is 2.38. The number of methoxy groups -OCH3 is 1. The first-order valence-corrected chi connectivity index (χ1v) is 20.6. The van der Waals surface area contributed by atoms with Gasteiger partial charge in [0.1, 0.15) is 5.75 Å². The number of nitrogens with one attached hydrogen (secondary N) is 1. The highest BCUT2D eigenvalue weighted by atomic mass is 35.5. The predicted molar refractivity (Wildman–Crippen MR) is 200 cm³/mol. The molecular formula is C40H52ClN3O6S. The highest BCUT2D eigenvalue weighted by molar-refractivity contribution is 7.90. The number of hydrogen-bond acceptors (Lipinski definition) is 7. The van der Waals surface area contributed by atoms with E-state index in [2.05, 4.69) is 27.8 Å². The van der Waals surface area contributed by atoms with Gasteiger partial charge in [-0.3, -0.25) is 9.59 Å².